The van der Waals surface area contributed by atoms with Gasteiger partial charge in [0.2, 0.25) is 0 Å². The van der Waals surface area contributed by atoms with Gasteiger partial charge >= 0.3 is 11.8 Å². The number of hydrazone groups is 1. The van der Waals surface area contributed by atoms with E-state index in [1.54, 1.807) is 31.2 Å². The van der Waals surface area contributed by atoms with E-state index < -0.39 is 16.7 Å². The smallest absolute Gasteiger partial charge is 0.317 e. The molecule has 9 heteroatoms. The maximum atomic E-state index is 11.8. The Morgan fingerprint density at radius 3 is 2.64 bits per heavy atom. The van der Waals surface area contributed by atoms with Gasteiger partial charge in [-0.05, 0) is 24.6 Å². The molecule has 128 valence electrons. The number of rotatable bonds is 4. The van der Waals surface area contributed by atoms with Crippen LogP contribution >= 0.6 is 11.6 Å². The molecule has 0 aliphatic rings. The molecule has 2 amide bonds. The number of carbonyl (C=O) groups is 2. The van der Waals surface area contributed by atoms with Crippen molar-refractivity contribution in [3.63, 3.8) is 0 Å². The van der Waals surface area contributed by atoms with Gasteiger partial charge in [-0.25, -0.2) is 5.43 Å². The van der Waals surface area contributed by atoms with Gasteiger partial charge < -0.3 is 5.32 Å². The fraction of sp³-hybridized carbons (Fsp3) is 0.0625. The average Bonchev–Trinajstić information content (AvgIpc) is 2.59. The van der Waals surface area contributed by atoms with Crippen molar-refractivity contribution in [2.24, 2.45) is 5.10 Å². The van der Waals surface area contributed by atoms with Crippen molar-refractivity contribution >= 4 is 41.0 Å². The molecule has 0 saturated heterocycles. The number of carbonyl (C=O) groups excluding carboxylic acids is 2. The van der Waals surface area contributed by atoms with Crippen LogP contribution in [0.15, 0.2) is 47.6 Å². The molecule has 2 aromatic rings. The molecular weight excluding hydrogens is 348 g/mol. The summed E-state index contributed by atoms with van der Waals surface area (Å²) in [6.45, 7) is 1.70. The van der Waals surface area contributed by atoms with Crippen LogP contribution < -0.4 is 10.7 Å². The van der Waals surface area contributed by atoms with Crippen LogP contribution in [0.2, 0.25) is 5.02 Å². The summed E-state index contributed by atoms with van der Waals surface area (Å²) in [5.41, 5.74) is 3.39. The first-order valence-electron chi connectivity index (χ1n) is 7.02. The lowest BCUT2D eigenvalue weighted by molar-refractivity contribution is -0.384. The quantitative estimate of drug-likeness (QED) is 0.377. The van der Waals surface area contributed by atoms with E-state index in [9.17, 15) is 19.7 Å². The Morgan fingerprint density at radius 1 is 1.20 bits per heavy atom. The monoisotopic (exact) mass is 360 g/mol. The van der Waals surface area contributed by atoms with Crippen LogP contribution in [-0.2, 0) is 9.59 Å². The minimum atomic E-state index is -0.985. The Morgan fingerprint density at radius 2 is 1.92 bits per heavy atom. The second-order valence-corrected chi connectivity index (χ2v) is 5.32. The van der Waals surface area contributed by atoms with Gasteiger partial charge in [-0.15, -0.1) is 0 Å². The topological polar surface area (TPSA) is 114 Å². The molecule has 0 aliphatic carbocycles. The number of nitro groups is 1. The van der Waals surface area contributed by atoms with Crippen LogP contribution in [0.4, 0.5) is 11.4 Å². The van der Waals surface area contributed by atoms with E-state index in [2.05, 4.69) is 10.4 Å². The minimum absolute atomic E-state index is 0.107. The summed E-state index contributed by atoms with van der Waals surface area (Å²) in [6.07, 6.45) is 1.20. The number of benzene rings is 2. The largest absolute Gasteiger partial charge is 0.329 e. The highest BCUT2D eigenvalue weighted by Crippen LogP contribution is 2.22. The van der Waals surface area contributed by atoms with Gasteiger partial charge in [0.15, 0.2) is 0 Å². The number of amides is 2. The lowest BCUT2D eigenvalue weighted by atomic mass is 10.2. The number of non-ortho nitro benzene ring substituents is 1. The van der Waals surface area contributed by atoms with Gasteiger partial charge in [0.05, 0.1) is 11.1 Å². The SMILES string of the molecule is Cc1c(Cl)cccc1NC(=O)C(=O)NN=Cc1cccc([N+](=O)[O-])c1. The molecule has 2 aromatic carbocycles. The predicted octanol–water partition coefficient (Wildman–Crippen LogP) is 2.65. The number of halogens is 1. The normalized spacial score (nSPS) is 10.5. The number of nitrogens with zero attached hydrogens (tertiary/aromatic N) is 2. The van der Waals surface area contributed by atoms with Gasteiger partial charge in [0.25, 0.3) is 5.69 Å². The first-order chi connectivity index (χ1) is 11.9. The molecule has 0 fully saturated rings. The van der Waals surface area contributed by atoms with Crippen LogP contribution in [0.5, 0.6) is 0 Å². The highest BCUT2D eigenvalue weighted by Gasteiger charge is 2.14. The van der Waals surface area contributed by atoms with Crippen LogP contribution in [0.25, 0.3) is 0 Å². The van der Waals surface area contributed by atoms with E-state index in [4.69, 9.17) is 11.6 Å². The molecule has 0 spiro atoms. The fourth-order valence-electron chi connectivity index (χ4n) is 1.86. The summed E-state index contributed by atoms with van der Waals surface area (Å²) in [5.74, 6) is -1.90. The molecule has 0 aliphatic heterocycles. The van der Waals surface area contributed by atoms with Crippen molar-refractivity contribution in [2.45, 2.75) is 6.92 Å². The van der Waals surface area contributed by atoms with Crippen molar-refractivity contribution in [1.29, 1.82) is 0 Å². The Kier molecular flexibility index (Phi) is 5.80. The zero-order valence-electron chi connectivity index (χ0n) is 13.0. The van der Waals surface area contributed by atoms with Crippen molar-refractivity contribution in [1.82, 2.24) is 5.43 Å². The van der Waals surface area contributed by atoms with Crippen LogP contribution in [0.1, 0.15) is 11.1 Å². The van der Waals surface area contributed by atoms with E-state index in [0.717, 1.165) is 0 Å². The van der Waals surface area contributed by atoms with Crippen LogP contribution in [0, 0.1) is 17.0 Å². The van der Waals surface area contributed by atoms with Crippen LogP contribution in [-0.4, -0.2) is 23.0 Å². The second kappa shape index (κ2) is 8.02. The number of anilines is 1. The molecule has 0 saturated carbocycles. The van der Waals surface area contributed by atoms with E-state index in [1.807, 2.05) is 5.43 Å². The first-order valence-corrected chi connectivity index (χ1v) is 7.40. The van der Waals surface area contributed by atoms with Crippen molar-refractivity contribution in [3.8, 4) is 0 Å². The summed E-state index contributed by atoms with van der Waals surface area (Å²) in [5, 5.41) is 17.2. The average molecular weight is 361 g/mol. The fourth-order valence-corrected chi connectivity index (χ4v) is 2.03. The van der Waals surface area contributed by atoms with Crippen LogP contribution in [0.3, 0.4) is 0 Å². The third-order valence-electron chi connectivity index (χ3n) is 3.18. The highest BCUT2D eigenvalue weighted by molar-refractivity contribution is 6.40. The zero-order valence-corrected chi connectivity index (χ0v) is 13.8. The van der Waals surface area contributed by atoms with E-state index in [1.165, 1.54) is 24.4 Å². The summed E-state index contributed by atoms with van der Waals surface area (Å²) in [6, 6.07) is 10.6. The highest BCUT2D eigenvalue weighted by atomic mass is 35.5. The molecule has 0 bridgehead atoms. The Labute approximate surface area is 147 Å². The molecule has 2 rings (SSSR count). The lowest BCUT2D eigenvalue weighted by Crippen LogP contribution is -2.32. The predicted molar refractivity (Wildman–Crippen MR) is 93.7 cm³/mol. The van der Waals surface area contributed by atoms with Gasteiger partial charge in [-0.3, -0.25) is 19.7 Å². The van der Waals surface area contributed by atoms with E-state index in [-0.39, 0.29) is 5.69 Å². The lowest BCUT2D eigenvalue weighted by Gasteiger charge is -2.08. The second-order valence-electron chi connectivity index (χ2n) is 4.92. The van der Waals surface area contributed by atoms with E-state index in [0.29, 0.717) is 21.8 Å². The maximum absolute atomic E-state index is 11.8. The Bertz CT molecular complexity index is 867. The standard InChI is InChI=1S/C16H13ClN4O4/c1-10-13(17)6-3-7-14(10)19-15(22)16(23)20-18-9-11-4-2-5-12(8-11)21(24)25/h2-9H,1H3,(H,19,22)(H,20,23). The number of hydrogen-bond acceptors (Lipinski definition) is 5. The third-order valence-corrected chi connectivity index (χ3v) is 3.59. The minimum Gasteiger partial charge on any atom is -0.317 e. The van der Waals surface area contributed by atoms with E-state index >= 15 is 0 Å². The van der Waals surface area contributed by atoms with Crippen molar-refractivity contribution < 1.29 is 14.5 Å². The summed E-state index contributed by atoms with van der Waals surface area (Å²) in [7, 11) is 0. The molecule has 0 heterocycles. The summed E-state index contributed by atoms with van der Waals surface area (Å²) >= 11 is 5.94. The molecule has 0 radical (unpaired) electrons. The Balaban J connectivity index is 1.97. The Hall–Kier alpha value is -3.26. The van der Waals surface area contributed by atoms with Crippen molar-refractivity contribution in [2.75, 3.05) is 5.32 Å². The molecule has 0 atom stereocenters. The molecule has 0 unspecified atom stereocenters. The summed E-state index contributed by atoms with van der Waals surface area (Å²) < 4.78 is 0. The van der Waals surface area contributed by atoms with Gasteiger partial charge in [-0.2, -0.15) is 5.10 Å². The maximum Gasteiger partial charge on any atom is 0.329 e. The molecular formula is C16H13ClN4O4. The third kappa shape index (κ3) is 4.85. The number of nitro benzene ring substituents is 1. The number of hydrogen-bond donors (Lipinski definition) is 2. The molecule has 8 nitrogen and oxygen atoms in total. The summed E-state index contributed by atoms with van der Waals surface area (Å²) in [4.78, 5) is 33.7. The number of nitrogens with one attached hydrogen (secondary N) is 2. The van der Waals surface area contributed by atoms with Crippen molar-refractivity contribution in [3.05, 3.63) is 68.7 Å². The zero-order chi connectivity index (χ0) is 18.4. The molecule has 25 heavy (non-hydrogen) atoms. The van der Waals surface area contributed by atoms with Gasteiger partial charge in [0, 0.05) is 28.4 Å². The van der Waals surface area contributed by atoms with Gasteiger partial charge in [-0.1, -0.05) is 29.8 Å². The van der Waals surface area contributed by atoms with Gasteiger partial charge in [0.1, 0.15) is 0 Å². The first kappa shape index (κ1) is 18.1. The molecule has 0 aromatic heterocycles. The molecule has 2 N–H and O–H groups in total.